The fraction of sp³-hybridized carbons (Fsp3) is 0.179. The van der Waals surface area contributed by atoms with Crippen LogP contribution in [0, 0.1) is 11.6 Å². The zero-order valence-electron chi connectivity index (χ0n) is 21.8. The number of pyridine rings is 1. The number of anilines is 1. The Morgan fingerprint density at radius 1 is 1.00 bits per heavy atom. The standard InChI is InChI=1S/C28H23F4N5O3S/c1-35(2)13-19-23-25(38)37(22-11-10-17(12-34-22)40-27(31)32)28(39)36(14-18-20(29)4-3-5-21(18)30)26(23)41-24(19)15-6-8-16(33)9-7-15/h3-12,27H,13-14,33H2,1-2H3. The maximum absolute atomic E-state index is 14.8. The number of rotatable bonds is 8. The number of hydrogen-bond donors (Lipinski definition) is 1. The predicted octanol–water partition coefficient (Wildman–Crippen LogP) is 4.85. The van der Waals surface area contributed by atoms with Crippen LogP contribution in [0.2, 0.25) is 0 Å². The smallest absolute Gasteiger partial charge is 0.387 e. The van der Waals surface area contributed by atoms with Gasteiger partial charge in [-0.1, -0.05) is 18.2 Å². The number of aromatic nitrogens is 3. The number of nitrogen functional groups attached to an aromatic ring is 1. The highest BCUT2D eigenvalue weighted by atomic mass is 32.1. The summed E-state index contributed by atoms with van der Waals surface area (Å²) in [7, 11) is 3.62. The number of thiophene rings is 1. The van der Waals surface area contributed by atoms with Crippen LogP contribution in [0.4, 0.5) is 23.2 Å². The van der Waals surface area contributed by atoms with Gasteiger partial charge in [-0.3, -0.25) is 9.36 Å². The largest absolute Gasteiger partial charge is 0.433 e. The van der Waals surface area contributed by atoms with E-state index >= 15 is 0 Å². The van der Waals surface area contributed by atoms with Crippen molar-refractivity contribution in [1.29, 1.82) is 0 Å². The fourth-order valence-corrected chi connectivity index (χ4v) is 5.77. The second-order valence-corrected chi connectivity index (χ2v) is 10.4. The summed E-state index contributed by atoms with van der Waals surface area (Å²) in [4.78, 5) is 34.6. The van der Waals surface area contributed by atoms with Crippen LogP contribution in [0.15, 0.2) is 70.4 Å². The number of hydrogen-bond acceptors (Lipinski definition) is 7. The lowest BCUT2D eigenvalue weighted by atomic mass is 10.1. The predicted molar refractivity (Wildman–Crippen MR) is 149 cm³/mol. The molecule has 0 atom stereocenters. The molecule has 0 aliphatic carbocycles. The first-order chi connectivity index (χ1) is 19.5. The van der Waals surface area contributed by atoms with Crippen LogP contribution in [0.1, 0.15) is 11.1 Å². The first-order valence-corrected chi connectivity index (χ1v) is 13.0. The summed E-state index contributed by atoms with van der Waals surface area (Å²) in [5.74, 6) is -2.18. The summed E-state index contributed by atoms with van der Waals surface area (Å²) >= 11 is 1.14. The molecule has 0 spiro atoms. The minimum absolute atomic E-state index is 0.154. The van der Waals surface area contributed by atoms with Gasteiger partial charge in [0.25, 0.3) is 5.56 Å². The summed E-state index contributed by atoms with van der Waals surface area (Å²) in [6.07, 6.45) is 0.951. The number of ether oxygens (including phenoxy) is 1. The van der Waals surface area contributed by atoms with E-state index in [1.165, 1.54) is 12.1 Å². The normalized spacial score (nSPS) is 11.6. The van der Waals surface area contributed by atoms with Crippen LogP contribution in [-0.4, -0.2) is 39.7 Å². The third kappa shape index (κ3) is 5.45. The van der Waals surface area contributed by atoms with Crippen LogP contribution in [0.5, 0.6) is 5.75 Å². The monoisotopic (exact) mass is 585 g/mol. The minimum Gasteiger partial charge on any atom is -0.433 e. The Morgan fingerprint density at radius 2 is 1.68 bits per heavy atom. The van der Waals surface area contributed by atoms with E-state index in [0.717, 1.165) is 50.4 Å². The average Bonchev–Trinajstić information content (AvgIpc) is 3.27. The Labute approximate surface area is 234 Å². The summed E-state index contributed by atoms with van der Waals surface area (Å²) in [6.45, 7) is -3.33. The molecule has 8 nitrogen and oxygen atoms in total. The lowest BCUT2D eigenvalue weighted by molar-refractivity contribution is -0.0500. The maximum Gasteiger partial charge on any atom is 0.387 e. The summed E-state index contributed by atoms with van der Waals surface area (Å²) in [5.41, 5.74) is 5.71. The average molecular weight is 586 g/mol. The fourth-order valence-electron chi connectivity index (χ4n) is 4.46. The minimum atomic E-state index is -3.10. The van der Waals surface area contributed by atoms with Crippen LogP contribution in [-0.2, 0) is 13.1 Å². The molecule has 212 valence electrons. The molecule has 0 radical (unpaired) electrons. The second-order valence-electron chi connectivity index (χ2n) is 9.39. The van der Waals surface area contributed by atoms with Crippen LogP contribution in [0.25, 0.3) is 26.5 Å². The van der Waals surface area contributed by atoms with Crippen molar-refractivity contribution in [2.75, 3.05) is 19.8 Å². The summed E-state index contributed by atoms with van der Waals surface area (Å²) in [6, 6.07) is 12.6. The van der Waals surface area contributed by atoms with Crippen molar-refractivity contribution >= 4 is 27.2 Å². The molecule has 0 amide bonds. The van der Waals surface area contributed by atoms with Gasteiger partial charge >= 0.3 is 12.3 Å². The number of nitrogens with zero attached hydrogens (tertiary/aromatic N) is 4. The van der Waals surface area contributed by atoms with Crippen molar-refractivity contribution < 1.29 is 22.3 Å². The Bertz CT molecular complexity index is 1830. The number of fused-ring (bicyclic) bond motifs is 1. The molecule has 0 unspecified atom stereocenters. The molecule has 5 aromatic rings. The second kappa shape index (κ2) is 11.2. The number of halogens is 4. The number of nitrogens with two attached hydrogens (primary N) is 1. The lowest BCUT2D eigenvalue weighted by Gasteiger charge is -2.14. The van der Waals surface area contributed by atoms with Gasteiger partial charge in [0, 0.05) is 22.7 Å². The van der Waals surface area contributed by atoms with E-state index < -0.39 is 36.0 Å². The molecule has 5 rings (SSSR count). The van der Waals surface area contributed by atoms with Gasteiger partial charge in [0.05, 0.1) is 18.1 Å². The maximum atomic E-state index is 14.8. The SMILES string of the molecule is CN(C)Cc1c(-c2ccc(N)cc2)sc2c1c(=O)n(-c1ccc(OC(F)F)cn1)c(=O)n2Cc1c(F)cccc1F. The van der Waals surface area contributed by atoms with Gasteiger partial charge in [-0.2, -0.15) is 8.78 Å². The summed E-state index contributed by atoms with van der Waals surface area (Å²) < 4.78 is 61.0. The topological polar surface area (TPSA) is 95.4 Å². The Balaban J connectivity index is 1.85. The molecule has 0 fully saturated rings. The van der Waals surface area contributed by atoms with E-state index in [0.29, 0.717) is 16.1 Å². The zero-order chi connectivity index (χ0) is 29.4. The lowest BCUT2D eigenvalue weighted by Crippen LogP contribution is -2.39. The van der Waals surface area contributed by atoms with Gasteiger partial charge in [-0.05, 0) is 61.6 Å². The van der Waals surface area contributed by atoms with Crippen LogP contribution >= 0.6 is 11.3 Å². The van der Waals surface area contributed by atoms with E-state index in [4.69, 9.17) is 5.73 Å². The van der Waals surface area contributed by atoms with E-state index in [9.17, 15) is 27.2 Å². The van der Waals surface area contributed by atoms with Crippen molar-refractivity contribution in [2.45, 2.75) is 19.7 Å². The van der Waals surface area contributed by atoms with E-state index in [2.05, 4.69) is 9.72 Å². The molecule has 0 saturated heterocycles. The molecule has 3 heterocycles. The van der Waals surface area contributed by atoms with E-state index in [1.807, 2.05) is 19.0 Å². The molecule has 0 aliphatic heterocycles. The molecule has 2 N–H and O–H groups in total. The van der Waals surface area contributed by atoms with Crippen molar-refractivity contribution in [1.82, 2.24) is 19.0 Å². The molecule has 0 aliphatic rings. The highest BCUT2D eigenvalue weighted by Gasteiger charge is 2.25. The van der Waals surface area contributed by atoms with Crippen molar-refractivity contribution in [3.8, 4) is 22.0 Å². The molecule has 13 heteroatoms. The highest BCUT2D eigenvalue weighted by Crippen LogP contribution is 2.38. The summed E-state index contributed by atoms with van der Waals surface area (Å²) in [5, 5.41) is 0.154. The zero-order valence-corrected chi connectivity index (χ0v) is 22.6. The van der Waals surface area contributed by atoms with E-state index in [-0.39, 0.29) is 33.9 Å². The van der Waals surface area contributed by atoms with Gasteiger partial charge < -0.3 is 15.4 Å². The Morgan fingerprint density at radius 3 is 2.27 bits per heavy atom. The first kappa shape index (κ1) is 28.1. The van der Waals surface area contributed by atoms with Crippen LogP contribution in [0.3, 0.4) is 0 Å². The molecular formula is C28H23F4N5O3S. The van der Waals surface area contributed by atoms with Crippen molar-refractivity contribution in [3.63, 3.8) is 0 Å². The molecule has 3 aromatic heterocycles. The van der Waals surface area contributed by atoms with Crippen LogP contribution < -0.4 is 21.7 Å². The van der Waals surface area contributed by atoms with E-state index in [1.54, 1.807) is 24.3 Å². The Kier molecular flexibility index (Phi) is 7.65. The van der Waals surface area contributed by atoms with Gasteiger partial charge in [-0.25, -0.2) is 23.1 Å². The molecule has 0 saturated carbocycles. The Hall–Kier alpha value is -4.49. The third-order valence-electron chi connectivity index (χ3n) is 6.27. The number of alkyl halides is 2. The van der Waals surface area contributed by atoms with Gasteiger partial charge in [0.2, 0.25) is 0 Å². The molecule has 41 heavy (non-hydrogen) atoms. The van der Waals surface area contributed by atoms with Gasteiger partial charge in [0.15, 0.2) is 0 Å². The molecule has 0 bridgehead atoms. The van der Waals surface area contributed by atoms with Crippen molar-refractivity contribution in [3.05, 3.63) is 104 Å². The molecular weight excluding hydrogens is 562 g/mol. The number of benzene rings is 2. The van der Waals surface area contributed by atoms with Gasteiger partial charge in [-0.15, -0.1) is 11.3 Å². The van der Waals surface area contributed by atoms with Crippen molar-refractivity contribution in [2.24, 2.45) is 0 Å². The molecule has 2 aromatic carbocycles. The first-order valence-electron chi connectivity index (χ1n) is 12.2. The highest BCUT2D eigenvalue weighted by molar-refractivity contribution is 7.22. The quantitative estimate of drug-likeness (QED) is 0.207. The van der Waals surface area contributed by atoms with Gasteiger partial charge in [0.1, 0.15) is 28.0 Å². The third-order valence-corrected chi connectivity index (χ3v) is 7.58.